The Morgan fingerprint density at radius 2 is 1.68 bits per heavy atom. The molecule has 2 N–H and O–H groups in total. The molecular formula is C31H37FN3O3+. The van der Waals surface area contributed by atoms with Gasteiger partial charge in [-0.05, 0) is 60.9 Å². The molecule has 1 aliphatic rings. The summed E-state index contributed by atoms with van der Waals surface area (Å²) in [4.78, 5) is 31.0. The molecule has 4 rings (SSSR count). The van der Waals surface area contributed by atoms with Crippen LogP contribution in [0, 0.1) is 5.82 Å². The number of amides is 2. The lowest BCUT2D eigenvalue weighted by molar-refractivity contribution is -0.896. The topological polar surface area (TPSA) is 63.1 Å². The van der Waals surface area contributed by atoms with Crippen molar-refractivity contribution in [2.75, 3.05) is 33.3 Å². The van der Waals surface area contributed by atoms with E-state index in [0.717, 1.165) is 42.7 Å². The highest BCUT2D eigenvalue weighted by Crippen LogP contribution is 2.44. The van der Waals surface area contributed by atoms with Gasteiger partial charge in [0.25, 0.3) is 5.91 Å². The Morgan fingerprint density at radius 3 is 2.34 bits per heavy atom. The van der Waals surface area contributed by atoms with Crippen LogP contribution in [0.15, 0.2) is 72.8 Å². The molecule has 0 bridgehead atoms. The van der Waals surface area contributed by atoms with E-state index in [2.05, 4.69) is 19.2 Å². The lowest BCUT2D eigenvalue weighted by atomic mass is 9.79. The summed E-state index contributed by atoms with van der Waals surface area (Å²) >= 11 is 0. The molecule has 0 aliphatic carbocycles. The number of halogens is 1. The predicted octanol–water partition coefficient (Wildman–Crippen LogP) is 3.75. The first kappa shape index (κ1) is 27.3. The van der Waals surface area contributed by atoms with Gasteiger partial charge in [0, 0.05) is 25.1 Å². The smallest absolute Gasteiger partial charge is 0.255 e. The molecule has 0 fully saturated rings. The quantitative estimate of drug-likeness (QED) is 0.380. The number of carbonyl (C=O) groups excluding carboxylic acids is 2. The number of nitrogens with one attached hydrogen (secondary N) is 2. The standard InChI is InChI=1S/C31H36FN3O3/c1-4-34(5-2)20-8-19-33-30(36)28-26-9-6-7-10-27(26)31(37)35(21-22-11-15-24(32)16-12-22)29(28)23-13-17-25(38-3)18-14-23/h6-7,9-18,28-29H,4-5,8,19-21H2,1-3H3,(H,33,36)/p+1. The molecule has 0 spiro atoms. The largest absolute Gasteiger partial charge is 0.497 e. The number of hydrogen-bond acceptors (Lipinski definition) is 3. The molecule has 1 heterocycles. The van der Waals surface area contributed by atoms with Crippen LogP contribution in [0.5, 0.6) is 5.75 Å². The number of carbonyl (C=O) groups is 2. The number of nitrogens with zero attached hydrogens (tertiary/aromatic N) is 1. The minimum absolute atomic E-state index is 0.107. The first-order valence-corrected chi connectivity index (χ1v) is 13.4. The third kappa shape index (κ3) is 6.05. The Morgan fingerprint density at radius 1 is 1.00 bits per heavy atom. The van der Waals surface area contributed by atoms with Crippen molar-refractivity contribution in [1.29, 1.82) is 0 Å². The summed E-state index contributed by atoms with van der Waals surface area (Å²) in [5.41, 5.74) is 2.87. The summed E-state index contributed by atoms with van der Waals surface area (Å²) in [5, 5.41) is 3.16. The number of methoxy groups -OCH3 is 1. The summed E-state index contributed by atoms with van der Waals surface area (Å²) in [6.45, 7) is 8.26. The van der Waals surface area contributed by atoms with E-state index in [1.165, 1.54) is 17.0 Å². The molecule has 3 aromatic rings. The van der Waals surface area contributed by atoms with Crippen LogP contribution in [0.2, 0.25) is 0 Å². The maximum absolute atomic E-state index is 13.9. The van der Waals surface area contributed by atoms with Gasteiger partial charge in [-0.25, -0.2) is 4.39 Å². The van der Waals surface area contributed by atoms with Crippen molar-refractivity contribution >= 4 is 11.8 Å². The van der Waals surface area contributed by atoms with Crippen LogP contribution in [-0.4, -0.2) is 50.0 Å². The van der Waals surface area contributed by atoms with E-state index in [-0.39, 0.29) is 24.2 Å². The highest BCUT2D eigenvalue weighted by Gasteiger charge is 2.44. The maximum Gasteiger partial charge on any atom is 0.255 e. The number of quaternary nitrogens is 1. The van der Waals surface area contributed by atoms with Gasteiger partial charge < -0.3 is 19.9 Å². The third-order valence-corrected chi connectivity index (χ3v) is 7.45. The maximum atomic E-state index is 13.9. The summed E-state index contributed by atoms with van der Waals surface area (Å²) in [6, 6.07) is 20.5. The van der Waals surface area contributed by atoms with Gasteiger partial charge in [-0.3, -0.25) is 9.59 Å². The van der Waals surface area contributed by atoms with Crippen LogP contribution in [-0.2, 0) is 11.3 Å². The number of hydrogen-bond donors (Lipinski definition) is 2. The second-order valence-corrected chi connectivity index (χ2v) is 9.69. The average Bonchev–Trinajstić information content (AvgIpc) is 2.95. The fourth-order valence-corrected chi connectivity index (χ4v) is 5.27. The van der Waals surface area contributed by atoms with Crippen LogP contribution in [0.25, 0.3) is 0 Å². The molecule has 0 saturated carbocycles. The molecule has 0 saturated heterocycles. The Balaban J connectivity index is 1.71. The number of rotatable bonds is 11. The van der Waals surface area contributed by atoms with Gasteiger partial charge in [-0.15, -0.1) is 0 Å². The Labute approximate surface area is 224 Å². The van der Waals surface area contributed by atoms with Crippen molar-refractivity contribution in [2.45, 2.75) is 38.8 Å². The molecule has 0 radical (unpaired) electrons. The Kier molecular flexibility index (Phi) is 9.13. The van der Waals surface area contributed by atoms with E-state index in [1.54, 1.807) is 30.2 Å². The van der Waals surface area contributed by atoms with Crippen LogP contribution in [0.3, 0.4) is 0 Å². The van der Waals surface area contributed by atoms with Crippen molar-refractivity contribution in [1.82, 2.24) is 10.2 Å². The molecule has 2 unspecified atom stereocenters. The van der Waals surface area contributed by atoms with Crippen molar-refractivity contribution in [3.8, 4) is 5.75 Å². The number of fused-ring (bicyclic) bond motifs is 1. The predicted molar refractivity (Wildman–Crippen MR) is 146 cm³/mol. The van der Waals surface area contributed by atoms with Gasteiger partial charge in [0.1, 0.15) is 11.6 Å². The van der Waals surface area contributed by atoms with Crippen molar-refractivity contribution in [3.63, 3.8) is 0 Å². The minimum Gasteiger partial charge on any atom is -0.497 e. The minimum atomic E-state index is -0.599. The molecule has 6 nitrogen and oxygen atoms in total. The second kappa shape index (κ2) is 12.7. The van der Waals surface area contributed by atoms with E-state index in [9.17, 15) is 14.0 Å². The summed E-state index contributed by atoms with van der Waals surface area (Å²) in [5.74, 6) is -0.497. The molecule has 200 valence electrons. The van der Waals surface area contributed by atoms with Crippen LogP contribution in [0.4, 0.5) is 4.39 Å². The molecule has 38 heavy (non-hydrogen) atoms. The number of benzene rings is 3. The van der Waals surface area contributed by atoms with Crippen molar-refractivity contribution in [3.05, 3.63) is 101 Å². The normalized spacial score (nSPS) is 16.9. The highest BCUT2D eigenvalue weighted by atomic mass is 19.1. The van der Waals surface area contributed by atoms with Gasteiger partial charge in [-0.2, -0.15) is 0 Å². The monoisotopic (exact) mass is 518 g/mol. The Hall–Kier alpha value is -3.71. The van der Waals surface area contributed by atoms with E-state index in [0.29, 0.717) is 17.9 Å². The molecular weight excluding hydrogens is 481 g/mol. The van der Waals surface area contributed by atoms with Crippen molar-refractivity contribution < 1.29 is 23.6 Å². The van der Waals surface area contributed by atoms with Gasteiger partial charge in [0.2, 0.25) is 5.91 Å². The average molecular weight is 519 g/mol. The molecule has 2 amide bonds. The van der Waals surface area contributed by atoms with Gasteiger partial charge >= 0.3 is 0 Å². The highest BCUT2D eigenvalue weighted by molar-refractivity contribution is 6.01. The van der Waals surface area contributed by atoms with E-state index in [1.807, 2.05) is 42.5 Å². The third-order valence-electron chi connectivity index (χ3n) is 7.45. The summed E-state index contributed by atoms with van der Waals surface area (Å²) < 4.78 is 19.0. The van der Waals surface area contributed by atoms with Gasteiger partial charge in [-0.1, -0.05) is 42.5 Å². The molecule has 2 atom stereocenters. The lowest BCUT2D eigenvalue weighted by Gasteiger charge is -2.42. The number of ether oxygens (including phenoxy) is 1. The first-order chi connectivity index (χ1) is 18.5. The van der Waals surface area contributed by atoms with Crippen LogP contribution < -0.4 is 15.0 Å². The van der Waals surface area contributed by atoms with Gasteiger partial charge in [0.05, 0.1) is 38.7 Å². The zero-order valence-electron chi connectivity index (χ0n) is 22.4. The first-order valence-electron chi connectivity index (χ1n) is 13.4. The van der Waals surface area contributed by atoms with E-state index < -0.39 is 12.0 Å². The fraction of sp³-hybridized carbons (Fsp3) is 0.355. The van der Waals surface area contributed by atoms with Crippen LogP contribution in [0.1, 0.15) is 59.3 Å². The Bertz CT molecular complexity index is 1230. The van der Waals surface area contributed by atoms with Crippen molar-refractivity contribution in [2.24, 2.45) is 0 Å². The molecule has 0 aromatic heterocycles. The molecule has 3 aromatic carbocycles. The van der Waals surface area contributed by atoms with E-state index in [4.69, 9.17) is 4.74 Å². The summed E-state index contributed by atoms with van der Waals surface area (Å²) in [7, 11) is 1.60. The molecule has 7 heteroatoms. The zero-order chi connectivity index (χ0) is 27.1. The molecule has 1 aliphatic heterocycles. The fourth-order valence-electron chi connectivity index (χ4n) is 5.27. The lowest BCUT2D eigenvalue weighted by Crippen LogP contribution is -3.11. The SMILES string of the molecule is CC[NH+](CC)CCCNC(=O)C1c2ccccc2C(=O)N(Cc2ccc(F)cc2)C1c1ccc(OC)cc1. The van der Waals surface area contributed by atoms with E-state index >= 15 is 0 Å². The summed E-state index contributed by atoms with van der Waals surface area (Å²) in [6.07, 6.45) is 0.878. The van der Waals surface area contributed by atoms with Gasteiger partial charge in [0.15, 0.2) is 0 Å². The zero-order valence-corrected chi connectivity index (χ0v) is 22.4. The second-order valence-electron chi connectivity index (χ2n) is 9.69. The van der Waals surface area contributed by atoms with Crippen LogP contribution >= 0.6 is 0 Å².